The molecule has 0 amide bonds. The van der Waals surface area contributed by atoms with Crippen LogP contribution >= 0.6 is 11.6 Å². The van der Waals surface area contributed by atoms with Crippen LogP contribution in [0.3, 0.4) is 0 Å². The van der Waals surface area contributed by atoms with Crippen LogP contribution in [0.5, 0.6) is 0 Å². The van der Waals surface area contributed by atoms with Gasteiger partial charge in [-0.05, 0) is 13.5 Å². The predicted octanol–water partition coefficient (Wildman–Crippen LogP) is 1.57. The number of aromatic nitrogens is 2. The molecule has 1 saturated heterocycles. The van der Waals surface area contributed by atoms with Gasteiger partial charge in [-0.25, -0.2) is 9.97 Å². The van der Waals surface area contributed by atoms with Crippen LogP contribution in [0.2, 0.25) is 5.15 Å². The molecule has 100 valence electrons. The van der Waals surface area contributed by atoms with E-state index in [0.717, 1.165) is 38.6 Å². The molecule has 1 atom stereocenters. The number of hydrogen-bond donors (Lipinski definition) is 1. The van der Waals surface area contributed by atoms with E-state index in [-0.39, 0.29) is 6.10 Å². The van der Waals surface area contributed by atoms with Gasteiger partial charge in [0.25, 0.3) is 0 Å². The second kappa shape index (κ2) is 6.31. The Labute approximate surface area is 113 Å². The Morgan fingerprint density at radius 1 is 1.56 bits per heavy atom. The third-order valence-corrected chi connectivity index (χ3v) is 3.18. The Morgan fingerprint density at radius 2 is 2.39 bits per heavy atom. The van der Waals surface area contributed by atoms with Crippen molar-refractivity contribution in [1.82, 2.24) is 14.9 Å². The lowest BCUT2D eigenvalue weighted by molar-refractivity contribution is -0.0192. The first-order valence-electron chi connectivity index (χ1n) is 6.26. The monoisotopic (exact) mass is 270 g/mol. The first-order chi connectivity index (χ1) is 8.67. The molecule has 2 rings (SSSR count). The predicted molar refractivity (Wildman–Crippen MR) is 72.1 cm³/mol. The van der Waals surface area contributed by atoms with Gasteiger partial charge in [0.2, 0.25) is 0 Å². The third-order valence-electron chi connectivity index (χ3n) is 2.99. The van der Waals surface area contributed by atoms with Crippen molar-refractivity contribution in [3.05, 3.63) is 17.0 Å². The molecular weight excluding hydrogens is 252 g/mol. The van der Waals surface area contributed by atoms with Crippen LogP contribution < -0.4 is 5.32 Å². The maximum Gasteiger partial charge on any atom is 0.134 e. The van der Waals surface area contributed by atoms with Gasteiger partial charge in [-0.2, -0.15) is 0 Å². The average molecular weight is 271 g/mol. The number of likely N-dealkylation sites (N-methyl/N-ethyl adjacent to an activating group) is 1. The number of hydrogen-bond acceptors (Lipinski definition) is 5. The number of rotatable bonds is 4. The zero-order valence-corrected chi connectivity index (χ0v) is 11.6. The zero-order valence-electron chi connectivity index (χ0n) is 10.8. The molecule has 1 aliphatic heterocycles. The number of morpholine rings is 1. The fourth-order valence-corrected chi connectivity index (χ4v) is 2.26. The Balaban J connectivity index is 1.87. The molecule has 5 nitrogen and oxygen atoms in total. The summed E-state index contributed by atoms with van der Waals surface area (Å²) in [4.78, 5) is 10.7. The molecule has 0 bridgehead atoms. The molecule has 18 heavy (non-hydrogen) atoms. The summed E-state index contributed by atoms with van der Waals surface area (Å²) < 4.78 is 5.71. The summed E-state index contributed by atoms with van der Waals surface area (Å²) in [6.45, 7) is 8.58. The summed E-state index contributed by atoms with van der Waals surface area (Å²) >= 11 is 5.89. The average Bonchev–Trinajstić information content (AvgIpc) is 2.35. The minimum Gasteiger partial charge on any atom is -0.374 e. The number of ether oxygens (including phenoxy) is 1. The van der Waals surface area contributed by atoms with Gasteiger partial charge in [0.15, 0.2) is 0 Å². The fraction of sp³-hybridized carbons (Fsp3) is 0.667. The van der Waals surface area contributed by atoms with Crippen molar-refractivity contribution >= 4 is 17.4 Å². The van der Waals surface area contributed by atoms with Crippen molar-refractivity contribution in [1.29, 1.82) is 0 Å². The minimum atomic E-state index is 0.202. The molecule has 0 spiro atoms. The van der Waals surface area contributed by atoms with Crippen LogP contribution in [0, 0.1) is 6.92 Å². The van der Waals surface area contributed by atoms with Crippen LogP contribution in [-0.2, 0) is 4.74 Å². The molecular formula is C12H19ClN4O. The SMILES string of the molecule is CCN1CCOC(CNc2cc(Cl)nc(C)n2)C1. The molecule has 0 aromatic carbocycles. The summed E-state index contributed by atoms with van der Waals surface area (Å²) in [7, 11) is 0. The summed E-state index contributed by atoms with van der Waals surface area (Å²) in [5.41, 5.74) is 0. The smallest absolute Gasteiger partial charge is 0.134 e. The van der Waals surface area contributed by atoms with E-state index < -0.39 is 0 Å². The normalized spacial score (nSPS) is 20.9. The van der Waals surface area contributed by atoms with Crippen molar-refractivity contribution in [3.63, 3.8) is 0 Å². The second-order valence-corrected chi connectivity index (χ2v) is 4.78. The highest BCUT2D eigenvalue weighted by molar-refractivity contribution is 6.29. The lowest BCUT2D eigenvalue weighted by Crippen LogP contribution is -2.45. The van der Waals surface area contributed by atoms with E-state index in [1.165, 1.54) is 0 Å². The number of halogens is 1. The molecule has 0 radical (unpaired) electrons. The number of nitrogens with zero attached hydrogens (tertiary/aromatic N) is 3. The van der Waals surface area contributed by atoms with Crippen LogP contribution in [-0.4, -0.2) is 53.8 Å². The van der Waals surface area contributed by atoms with Gasteiger partial charge < -0.3 is 10.1 Å². The quantitative estimate of drug-likeness (QED) is 0.842. The van der Waals surface area contributed by atoms with Crippen molar-refractivity contribution in [2.75, 3.05) is 38.1 Å². The molecule has 1 aromatic heterocycles. The summed E-state index contributed by atoms with van der Waals surface area (Å²) in [6.07, 6.45) is 0.202. The van der Waals surface area contributed by atoms with E-state index in [0.29, 0.717) is 11.0 Å². The highest BCUT2D eigenvalue weighted by Gasteiger charge is 2.18. The summed E-state index contributed by atoms with van der Waals surface area (Å²) in [5, 5.41) is 3.72. The zero-order chi connectivity index (χ0) is 13.0. The van der Waals surface area contributed by atoms with Crippen molar-refractivity contribution in [3.8, 4) is 0 Å². The molecule has 1 N–H and O–H groups in total. The summed E-state index contributed by atoms with van der Waals surface area (Å²) in [6, 6.07) is 1.73. The largest absolute Gasteiger partial charge is 0.374 e. The molecule has 0 aliphatic carbocycles. The van der Waals surface area contributed by atoms with Crippen molar-refractivity contribution in [2.24, 2.45) is 0 Å². The summed E-state index contributed by atoms with van der Waals surface area (Å²) in [5.74, 6) is 1.43. The Bertz CT molecular complexity index is 381. The topological polar surface area (TPSA) is 50.3 Å². The van der Waals surface area contributed by atoms with Gasteiger partial charge >= 0.3 is 0 Å². The molecule has 0 saturated carbocycles. The maximum atomic E-state index is 5.89. The number of aryl methyl sites for hydroxylation is 1. The molecule has 1 aromatic rings. The molecule has 1 unspecified atom stereocenters. The third kappa shape index (κ3) is 3.80. The Morgan fingerprint density at radius 3 is 3.11 bits per heavy atom. The van der Waals surface area contributed by atoms with Gasteiger partial charge in [-0.3, -0.25) is 4.90 Å². The molecule has 2 heterocycles. The Kier molecular flexibility index (Phi) is 4.74. The molecule has 6 heteroatoms. The van der Waals surface area contributed by atoms with E-state index in [2.05, 4.69) is 27.1 Å². The minimum absolute atomic E-state index is 0.202. The Hall–Kier alpha value is -0.910. The van der Waals surface area contributed by atoms with Gasteiger partial charge in [0.05, 0.1) is 12.7 Å². The lowest BCUT2D eigenvalue weighted by atomic mass is 10.2. The van der Waals surface area contributed by atoms with Crippen molar-refractivity contribution in [2.45, 2.75) is 20.0 Å². The van der Waals surface area contributed by atoms with E-state index >= 15 is 0 Å². The number of anilines is 1. The van der Waals surface area contributed by atoms with Crippen LogP contribution in [0.4, 0.5) is 5.82 Å². The fourth-order valence-electron chi connectivity index (χ4n) is 2.03. The van der Waals surface area contributed by atoms with Crippen LogP contribution in [0.25, 0.3) is 0 Å². The first-order valence-corrected chi connectivity index (χ1v) is 6.64. The van der Waals surface area contributed by atoms with Gasteiger partial charge in [-0.1, -0.05) is 18.5 Å². The first kappa shape index (κ1) is 13.5. The standard InChI is InChI=1S/C12H19ClN4O/c1-3-17-4-5-18-10(8-17)7-14-12-6-11(13)15-9(2)16-12/h6,10H,3-5,7-8H2,1-2H3,(H,14,15,16). The molecule has 1 fully saturated rings. The van der Waals surface area contributed by atoms with Crippen LogP contribution in [0.15, 0.2) is 6.07 Å². The van der Waals surface area contributed by atoms with Crippen LogP contribution in [0.1, 0.15) is 12.7 Å². The van der Waals surface area contributed by atoms with E-state index in [4.69, 9.17) is 16.3 Å². The van der Waals surface area contributed by atoms with Gasteiger partial charge in [-0.15, -0.1) is 0 Å². The van der Waals surface area contributed by atoms with E-state index in [1.54, 1.807) is 6.07 Å². The van der Waals surface area contributed by atoms with Crippen molar-refractivity contribution < 1.29 is 4.74 Å². The number of nitrogens with one attached hydrogen (secondary N) is 1. The van der Waals surface area contributed by atoms with Gasteiger partial charge in [0.1, 0.15) is 16.8 Å². The van der Waals surface area contributed by atoms with E-state index in [1.807, 2.05) is 6.92 Å². The lowest BCUT2D eigenvalue weighted by Gasteiger charge is -2.32. The molecule has 1 aliphatic rings. The maximum absolute atomic E-state index is 5.89. The van der Waals surface area contributed by atoms with Gasteiger partial charge in [0, 0.05) is 25.7 Å². The highest BCUT2D eigenvalue weighted by Crippen LogP contribution is 2.12. The van der Waals surface area contributed by atoms with E-state index in [9.17, 15) is 0 Å². The second-order valence-electron chi connectivity index (χ2n) is 4.39. The highest BCUT2D eigenvalue weighted by atomic mass is 35.5.